The number of hydrogen-bond acceptors (Lipinski definition) is 3. The molecule has 0 radical (unpaired) electrons. The Morgan fingerprint density at radius 1 is 1.13 bits per heavy atom. The van der Waals surface area contributed by atoms with Gasteiger partial charge in [-0.3, -0.25) is 4.90 Å². The highest BCUT2D eigenvalue weighted by Crippen LogP contribution is 2.40. The smallest absolute Gasteiger partial charge is 0.385 e. The van der Waals surface area contributed by atoms with Crippen LogP contribution in [0, 0.1) is 0 Å². The van der Waals surface area contributed by atoms with Gasteiger partial charge >= 0.3 is 6.18 Å². The molecule has 1 N–H and O–H groups in total. The fourth-order valence-electron chi connectivity index (χ4n) is 4.28. The van der Waals surface area contributed by atoms with Crippen molar-refractivity contribution in [3.8, 4) is 0 Å². The Morgan fingerprint density at radius 2 is 1.80 bits per heavy atom. The highest BCUT2D eigenvalue weighted by Gasteiger charge is 2.43. The summed E-state index contributed by atoms with van der Waals surface area (Å²) in [4.78, 5) is 2.23. The van der Waals surface area contributed by atoms with Gasteiger partial charge in [0, 0.05) is 18.6 Å². The van der Waals surface area contributed by atoms with Crippen molar-refractivity contribution in [2.75, 3.05) is 13.2 Å². The van der Waals surface area contributed by atoms with E-state index < -0.39 is 17.3 Å². The number of likely N-dealkylation sites (tertiary alicyclic amines) is 1. The molecule has 0 spiro atoms. The number of hydrogen-bond donors (Lipinski definition) is 1. The second-order valence-corrected chi connectivity index (χ2v) is 8.00. The van der Waals surface area contributed by atoms with E-state index in [4.69, 9.17) is 4.74 Å². The lowest BCUT2D eigenvalue weighted by Crippen LogP contribution is -2.55. The molecule has 0 amide bonds. The molecule has 1 saturated heterocycles. The minimum atomic E-state index is -4.39. The van der Waals surface area contributed by atoms with E-state index in [0.29, 0.717) is 38.2 Å². The fourth-order valence-corrected chi connectivity index (χ4v) is 4.28. The number of alkyl halides is 3. The number of rotatable bonds is 7. The van der Waals surface area contributed by atoms with Crippen LogP contribution in [-0.2, 0) is 23.1 Å². The Labute approximate surface area is 175 Å². The topological polar surface area (TPSA) is 32.7 Å². The zero-order chi connectivity index (χ0) is 21.8. The van der Waals surface area contributed by atoms with Crippen LogP contribution in [0.1, 0.15) is 36.5 Å². The summed E-state index contributed by atoms with van der Waals surface area (Å²) in [5.41, 5.74) is -0.347. The van der Waals surface area contributed by atoms with Gasteiger partial charge in [-0.05, 0) is 43.0 Å². The van der Waals surface area contributed by atoms with E-state index in [-0.39, 0.29) is 12.1 Å². The van der Waals surface area contributed by atoms with Crippen LogP contribution in [0.5, 0.6) is 0 Å². The molecule has 1 heterocycles. The Hall–Kier alpha value is -2.15. The maximum absolute atomic E-state index is 12.9. The molecule has 1 aliphatic heterocycles. The number of benzene rings is 2. The molecule has 3 nitrogen and oxygen atoms in total. The summed E-state index contributed by atoms with van der Waals surface area (Å²) in [5, 5.41) is 11.4. The van der Waals surface area contributed by atoms with Crippen LogP contribution in [0.15, 0.2) is 67.3 Å². The molecule has 1 aliphatic rings. The van der Waals surface area contributed by atoms with Crippen molar-refractivity contribution in [3.63, 3.8) is 0 Å². The third kappa shape index (κ3) is 5.31. The molecular weight excluding hydrogens is 391 g/mol. The van der Waals surface area contributed by atoms with Crippen LogP contribution in [0.3, 0.4) is 0 Å². The van der Waals surface area contributed by atoms with E-state index in [1.807, 2.05) is 43.3 Å². The SMILES string of the molecule is C=CCN1[C@H](COCc2ccccc2)C[C@](O)(c2ccc(C(F)(F)F)cc2)C[C@@H]1C. The van der Waals surface area contributed by atoms with Gasteiger partial charge in [0.2, 0.25) is 0 Å². The predicted octanol–water partition coefficient (Wildman–Crippen LogP) is 5.15. The van der Waals surface area contributed by atoms with E-state index >= 15 is 0 Å². The minimum absolute atomic E-state index is 0.0226. The van der Waals surface area contributed by atoms with E-state index in [0.717, 1.165) is 17.7 Å². The van der Waals surface area contributed by atoms with Gasteiger partial charge in [0.05, 0.1) is 24.4 Å². The largest absolute Gasteiger partial charge is 0.416 e. The van der Waals surface area contributed by atoms with Crippen LogP contribution >= 0.6 is 0 Å². The van der Waals surface area contributed by atoms with Gasteiger partial charge in [-0.15, -0.1) is 6.58 Å². The summed E-state index contributed by atoms with van der Waals surface area (Å²) in [6.45, 7) is 7.38. The average Bonchev–Trinajstić information content (AvgIpc) is 2.71. The molecule has 162 valence electrons. The lowest BCUT2D eigenvalue weighted by molar-refractivity contribution is -0.137. The summed E-state index contributed by atoms with van der Waals surface area (Å²) in [6.07, 6.45) is -1.76. The van der Waals surface area contributed by atoms with Gasteiger partial charge < -0.3 is 9.84 Å². The minimum Gasteiger partial charge on any atom is -0.385 e. The molecule has 2 aromatic carbocycles. The standard InChI is InChI=1S/C24H28F3NO2/c1-3-13-28-18(2)14-23(29,20-9-11-21(12-10-20)24(25,26)27)15-22(28)17-30-16-19-7-5-4-6-8-19/h3-12,18,22,29H,1,13-17H2,2H3/t18-,22-,23-/m0/s1. The summed E-state index contributed by atoms with van der Waals surface area (Å²) in [7, 11) is 0. The second kappa shape index (κ2) is 9.33. The first-order chi connectivity index (χ1) is 14.2. The Morgan fingerprint density at radius 3 is 2.40 bits per heavy atom. The first-order valence-corrected chi connectivity index (χ1v) is 10.1. The summed E-state index contributed by atoms with van der Waals surface area (Å²) < 4.78 is 44.6. The van der Waals surface area contributed by atoms with Crippen LogP contribution in [-0.4, -0.2) is 35.2 Å². The average molecular weight is 419 g/mol. The van der Waals surface area contributed by atoms with Crippen LogP contribution < -0.4 is 0 Å². The molecule has 1 fully saturated rings. The van der Waals surface area contributed by atoms with Gasteiger partial charge in [0.1, 0.15) is 0 Å². The summed E-state index contributed by atoms with van der Waals surface area (Å²) in [6, 6.07) is 14.6. The molecule has 0 saturated carbocycles. The fraction of sp³-hybridized carbons (Fsp3) is 0.417. The predicted molar refractivity (Wildman–Crippen MR) is 111 cm³/mol. The lowest BCUT2D eigenvalue weighted by Gasteiger charge is -2.48. The highest BCUT2D eigenvalue weighted by atomic mass is 19.4. The third-order valence-electron chi connectivity index (χ3n) is 5.75. The van der Waals surface area contributed by atoms with Crippen molar-refractivity contribution in [3.05, 3.63) is 83.9 Å². The van der Waals surface area contributed by atoms with Gasteiger partial charge in [-0.2, -0.15) is 13.2 Å². The van der Waals surface area contributed by atoms with E-state index in [1.54, 1.807) is 0 Å². The van der Waals surface area contributed by atoms with Gasteiger partial charge in [0.25, 0.3) is 0 Å². The lowest BCUT2D eigenvalue weighted by atomic mass is 9.77. The quantitative estimate of drug-likeness (QED) is 0.630. The van der Waals surface area contributed by atoms with E-state index in [2.05, 4.69) is 11.5 Å². The monoisotopic (exact) mass is 419 g/mol. The molecule has 30 heavy (non-hydrogen) atoms. The number of ether oxygens (including phenoxy) is 1. The maximum atomic E-state index is 12.9. The van der Waals surface area contributed by atoms with Crippen molar-refractivity contribution in [2.45, 2.75) is 50.2 Å². The Kier molecular flexibility index (Phi) is 7.01. The van der Waals surface area contributed by atoms with Crippen molar-refractivity contribution >= 4 is 0 Å². The summed E-state index contributed by atoms with van der Waals surface area (Å²) >= 11 is 0. The maximum Gasteiger partial charge on any atom is 0.416 e. The summed E-state index contributed by atoms with van der Waals surface area (Å²) in [5.74, 6) is 0. The van der Waals surface area contributed by atoms with Crippen molar-refractivity contribution in [1.29, 1.82) is 0 Å². The number of nitrogens with zero attached hydrogens (tertiary/aromatic N) is 1. The van der Waals surface area contributed by atoms with Gasteiger partial charge in [-0.25, -0.2) is 0 Å². The Bertz CT molecular complexity index is 823. The number of aliphatic hydroxyl groups is 1. The number of halogens is 3. The number of piperidine rings is 1. The van der Waals surface area contributed by atoms with E-state index in [9.17, 15) is 18.3 Å². The molecule has 3 atom stereocenters. The molecule has 0 unspecified atom stereocenters. The van der Waals surface area contributed by atoms with Gasteiger partial charge in [0.15, 0.2) is 0 Å². The zero-order valence-corrected chi connectivity index (χ0v) is 17.1. The van der Waals surface area contributed by atoms with Crippen LogP contribution in [0.2, 0.25) is 0 Å². The second-order valence-electron chi connectivity index (χ2n) is 8.00. The molecule has 2 aromatic rings. The van der Waals surface area contributed by atoms with Gasteiger partial charge in [-0.1, -0.05) is 48.5 Å². The van der Waals surface area contributed by atoms with Crippen molar-refractivity contribution < 1.29 is 23.0 Å². The first kappa shape index (κ1) is 22.5. The highest BCUT2D eigenvalue weighted by molar-refractivity contribution is 5.30. The Balaban J connectivity index is 1.75. The van der Waals surface area contributed by atoms with Crippen LogP contribution in [0.4, 0.5) is 13.2 Å². The normalized spacial score (nSPS) is 25.2. The molecule has 0 aromatic heterocycles. The molecule has 0 bridgehead atoms. The first-order valence-electron chi connectivity index (χ1n) is 10.1. The van der Waals surface area contributed by atoms with Crippen molar-refractivity contribution in [1.82, 2.24) is 4.90 Å². The van der Waals surface area contributed by atoms with E-state index in [1.165, 1.54) is 12.1 Å². The molecule has 6 heteroatoms. The zero-order valence-electron chi connectivity index (χ0n) is 17.1. The molecular formula is C24H28F3NO2. The molecule has 3 rings (SSSR count). The van der Waals surface area contributed by atoms with Crippen LogP contribution in [0.25, 0.3) is 0 Å². The molecule has 0 aliphatic carbocycles. The van der Waals surface area contributed by atoms with Crippen molar-refractivity contribution in [2.24, 2.45) is 0 Å². The third-order valence-corrected chi connectivity index (χ3v) is 5.75.